The molecule has 3 rings (SSSR count). The van der Waals surface area contributed by atoms with E-state index in [1.54, 1.807) is 23.5 Å². The molecule has 0 saturated carbocycles. The van der Waals surface area contributed by atoms with Gasteiger partial charge in [0.2, 0.25) is 0 Å². The molecule has 19 heavy (non-hydrogen) atoms. The highest BCUT2D eigenvalue weighted by Gasteiger charge is 2.18. The van der Waals surface area contributed by atoms with Gasteiger partial charge in [0.15, 0.2) is 0 Å². The van der Waals surface area contributed by atoms with E-state index < -0.39 is 5.97 Å². The minimum absolute atomic E-state index is 0.320. The molecule has 1 aromatic carbocycles. The maximum atomic E-state index is 11.1. The average Bonchev–Trinajstić information content (AvgIpc) is 2.85. The largest absolute Gasteiger partial charge is 0.478 e. The molecule has 1 aliphatic rings. The highest BCUT2D eigenvalue weighted by atomic mass is 79.9. The number of anilines is 1. The van der Waals surface area contributed by atoms with Crippen molar-refractivity contribution in [1.29, 1.82) is 0 Å². The lowest BCUT2D eigenvalue weighted by molar-refractivity contribution is 0.0697. The molecular weight excluding hydrogens is 326 g/mol. The van der Waals surface area contributed by atoms with Crippen LogP contribution in [0.2, 0.25) is 0 Å². The fraction of sp³-hybridized carbons (Fsp3) is 0.214. The van der Waals surface area contributed by atoms with Crippen molar-refractivity contribution in [2.45, 2.75) is 13.0 Å². The summed E-state index contributed by atoms with van der Waals surface area (Å²) in [4.78, 5) is 14.8. The van der Waals surface area contributed by atoms with Gasteiger partial charge in [0.05, 0.1) is 5.56 Å². The summed E-state index contributed by atoms with van der Waals surface area (Å²) in [5.74, 6) is -0.893. The molecule has 0 saturated heterocycles. The minimum Gasteiger partial charge on any atom is -0.478 e. The lowest BCUT2D eigenvalue weighted by Crippen LogP contribution is -2.29. The van der Waals surface area contributed by atoms with E-state index in [0.29, 0.717) is 5.56 Å². The molecule has 5 heteroatoms. The lowest BCUT2D eigenvalue weighted by atomic mass is 10.1. The van der Waals surface area contributed by atoms with Crippen LogP contribution in [0.15, 0.2) is 34.1 Å². The van der Waals surface area contributed by atoms with E-state index in [0.717, 1.165) is 29.7 Å². The Bertz CT molecular complexity index is 638. The smallest absolute Gasteiger partial charge is 0.335 e. The number of rotatable bonds is 2. The fourth-order valence-corrected chi connectivity index (χ4v) is 3.72. The summed E-state index contributed by atoms with van der Waals surface area (Å²) in [6.07, 6.45) is 1.03. The Labute approximate surface area is 123 Å². The molecule has 2 aromatic rings. The zero-order chi connectivity index (χ0) is 13.4. The number of halogens is 1. The molecular formula is C14H12BrNO2S. The third-order valence-corrected chi connectivity index (χ3v) is 4.78. The van der Waals surface area contributed by atoms with E-state index >= 15 is 0 Å². The van der Waals surface area contributed by atoms with Crippen molar-refractivity contribution in [3.05, 3.63) is 50.1 Å². The van der Waals surface area contributed by atoms with Crippen molar-refractivity contribution in [3.8, 4) is 0 Å². The lowest BCUT2D eigenvalue weighted by Gasteiger charge is -2.29. The number of hydrogen-bond acceptors (Lipinski definition) is 3. The van der Waals surface area contributed by atoms with Gasteiger partial charge in [-0.2, -0.15) is 0 Å². The molecule has 0 fully saturated rings. The molecule has 98 valence electrons. The second-order valence-electron chi connectivity index (χ2n) is 4.54. The average molecular weight is 338 g/mol. The van der Waals surface area contributed by atoms with Crippen LogP contribution in [0.4, 0.5) is 5.69 Å². The van der Waals surface area contributed by atoms with Gasteiger partial charge in [-0.25, -0.2) is 4.79 Å². The van der Waals surface area contributed by atoms with E-state index in [2.05, 4.69) is 32.3 Å². The first-order valence-corrected chi connectivity index (χ1v) is 7.65. The summed E-state index contributed by atoms with van der Waals surface area (Å²) in [6.45, 7) is 1.79. The number of thiophene rings is 1. The summed E-state index contributed by atoms with van der Waals surface area (Å²) in [6, 6.07) is 7.50. The summed E-state index contributed by atoms with van der Waals surface area (Å²) in [5, 5.41) is 11.2. The van der Waals surface area contributed by atoms with Gasteiger partial charge in [0.1, 0.15) is 0 Å². The molecule has 0 radical (unpaired) electrons. The standard InChI is InChI=1S/C14H12BrNO2S/c15-11-5-10(14(17)18)6-12(7-11)16-3-1-13-9(8-16)2-4-19-13/h2,4-7H,1,3,8H2,(H,17,18). The monoisotopic (exact) mass is 337 g/mol. The number of carboxylic acids is 1. The first-order valence-electron chi connectivity index (χ1n) is 5.97. The van der Waals surface area contributed by atoms with Gasteiger partial charge in [-0.1, -0.05) is 15.9 Å². The predicted molar refractivity (Wildman–Crippen MR) is 80.2 cm³/mol. The Hall–Kier alpha value is -1.33. The van der Waals surface area contributed by atoms with Crippen LogP contribution in [0.5, 0.6) is 0 Å². The normalized spacial score (nSPS) is 14.3. The summed E-state index contributed by atoms with van der Waals surface area (Å²) >= 11 is 5.19. The van der Waals surface area contributed by atoms with Crippen molar-refractivity contribution >= 4 is 38.9 Å². The van der Waals surface area contributed by atoms with E-state index in [-0.39, 0.29) is 0 Å². The number of carbonyl (C=O) groups is 1. The van der Waals surface area contributed by atoms with Crippen LogP contribution < -0.4 is 4.90 Å². The Morgan fingerprint density at radius 2 is 2.21 bits per heavy atom. The van der Waals surface area contributed by atoms with Gasteiger partial charge >= 0.3 is 5.97 Å². The molecule has 0 aliphatic carbocycles. The fourth-order valence-electron chi connectivity index (χ4n) is 2.35. The molecule has 2 heterocycles. The number of aromatic carboxylic acids is 1. The number of nitrogens with zero attached hydrogens (tertiary/aromatic N) is 1. The Balaban J connectivity index is 1.93. The highest BCUT2D eigenvalue weighted by Crippen LogP contribution is 2.30. The SMILES string of the molecule is O=C(O)c1cc(Br)cc(N2CCc3sccc3C2)c1. The quantitative estimate of drug-likeness (QED) is 0.906. The van der Waals surface area contributed by atoms with Crippen LogP contribution in [-0.4, -0.2) is 17.6 Å². The van der Waals surface area contributed by atoms with E-state index in [1.165, 1.54) is 10.4 Å². The van der Waals surface area contributed by atoms with Gasteiger partial charge in [-0.15, -0.1) is 11.3 Å². The van der Waals surface area contributed by atoms with Gasteiger partial charge in [0.25, 0.3) is 0 Å². The van der Waals surface area contributed by atoms with Crippen LogP contribution in [0.1, 0.15) is 20.8 Å². The second kappa shape index (κ2) is 4.98. The van der Waals surface area contributed by atoms with Gasteiger partial charge in [-0.05, 0) is 41.6 Å². The number of hydrogen-bond donors (Lipinski definition) is 1. The van der Waals surface area contributed by atoms with Gasteiger partial charge in [-0.3, -0.25) is 0 Å². The van der Waals surface area contributed by atoms with Crippen LogP contribution in [-0.2, 0) is 13.0 Å². The molecule has 0 bridgehead atoms. The van der Waals surface area contributed by atoms with Gasteiger partial charge in [0, 0.05) is 28.1 Å². The molecule has 1 aliphatic heterocycles. The van der Waals surface area contributed by atoms with Crippen molar-refractivity contribution in [1.82, 2.24) is 0 Å². The topological polar surface area (TPSA) is 40.5 Å². The van der Waals surface area contributed by atoms with Crippen LogP contribution in [0.25, 0.3) is 0 Å². The van der Waals surface area contributed by atoms with Crippen LogP contribution in [0.3, 0.4) is 0 Å². The summed E-state index contributed by atoms with van der Waals surface area (Å²) < 4.78 is 0.804. The zero-order valence-corrected chi connectivity index (χ0v) is 12.5. The second-order valence-corrected chi connectivity index (χ2v) is 6.46. The van der Waals surface area contributed by atoms with Crippen molar-refractivity contribution < 1.29 is 9.90 Å². The summed E-state index contributed by atoms with van der Waals surface area (Å²) in [7, 11) is 0. The predicted octanol–water partition coefficient (Wildman–Crippen LogP) is 3.77. The maximum absolute atomic E-state index is 11.1. The first-order chi connectivity index (χ1) is 9.13. The summed E-state index contributed by atoms with van der Waals surface area (Å²) in [5.41, 5.74) is 2.64. The molecule has 0 atom stereocenters. The number of carboxylic acid groups (broad SMARTS) is 1. The Kier molecular flexibility index (Phi) is 3.33. The third-order valence-electron chi connectivity index (χ3n) is 3.30. The molecule has 3 nitrogen and oxygen atoms in total. The molecule has 1 aromatic heterocycles. The molecule has 1 N–H and O–H groups in total. The Morgan fingerprint density at radius 3 is 3.00 bits per heavy atom. The van der Waals surface area contributed by atoms with Crippen molar-refractivity contribution in [2.75, 3.05) is 11.4 Å². The zero-order valence-electron chi connectivity index (χ0n) is 10.1. The first kappa shape index (κ1) is 12.7. The van der Waals surface area contributed by atoms with E-state index in [9.17, 15) is 4.79 Å². The van der Waals surface area contributed by atoms with Gasteiger partial charge < -0.3 is 10.0 Å². The molecule has 0 spiro atoms. The molecule has 0 amide bonds. The van der Waals surface area contributed by atoms with Crippen molar-refractivity contribution in [2.24, 2.45) is 0 Å². The Morgan fingerprint density at radius 1 is 1.37 bits per heavy atom. The number of benzene rings is 1. The van der Waals surface area contributed by atoms with Crippen LogP contribution in [0, 0.1) is 0 Å². The van der Waals surface area contributed by atoms with E-state index in [1.807, 2.05) is 6.07 Å². The van der Waals surface area contributed by atoms with Crippen molar-refractivity contribution in [3.63, 3.8) is 0 Å². The number of fused-ring (bicyclic) bond motifs is 1. The molecule has 0 unspecified atom stereocenters. The highest BCUT2D eigenvalue weighted by molar-refractivity contribution is 9.10. The van der Waals surface area contributed by atoms with Crippen LogP contribution >= 0.6 is 27.3 Å². The van der Waals surface area contributed by atoms with E-state index in [4.69, 9.17) is 5.11 Å². The third kappa shape index (κ3) is 2.53. The maximum Gasteiger partial charge on any atom is 0.335 e. The minimum atomic E-state index is -0.893.